The van der Waals surface area contributed by atoms with E-state index in [0.717, 1.165) is 5.56 Å². The molecule has 4 heteroatoms. The molecule has 0 atom stereocenters. The lowest BCUT2D eigenvalue weighted by Gasteiger charge is -2.09. The Balaban J connectivity index is 2.10. The van der Waals surface area contributed by atoms with Crippen LogP contribution in [0.5, 0.6) is 0 Å². The number of nitriles is 1. The van der Waals surface area contributed by atoms with Gasteiger partial charge in [-0.2, -0.15) is 5.26 Å². The molecule has 0 aromatic heterocycles. The van der Waals surface area contributed by atoms with Crippen LogP contribution in [0.15, 0.2) is 42.5 Å². The van der Waals surface area contributed by atoms with E-state index in [4.69, 9.17) is 5.26 Å². The predicted octanol–water partition coefficient (Wildman–Crippen LogP) is 3.19. The summed E-state index contributed by atoms with van der Waals surface area (Å²) >= 11 is 0. The number of nitrogens with one attached hydrogen (secondary N) is 1. The van der Waals surface area contributed by atoms with Crippen LogP contribution in [0.25, 0.3) is 0 Å². The van der Waals surface area contributed by atoms with Gasteiger partial charge in [0.25, 0.3) is 0 Å². The second kappa shape index (κ2) is 5.98. The van der Waals surface area contributed by atoms with E-state index in [0.29, 0.717) is 16.8 Å². The number of hydrogen-bond donors (Lipinski definition) is 1. The average Bonchev–Trinajstić information content (AvgIpc) is 2.41. The lowest BCUT2D eigenvalue weighted by Crippen LogP contribution is -2.15. The van der Waals surface area contributed by atoms with Crippen LogP contribution in [0.3, 0.4) is 0 Å². The number of carbonyl (C=O) groups excluding carboxylic acids is 1. The van der Waals surface area contributed by atoms with Crippen LogP contribution in [0.2, 0.25) is 0 Å². The zero-order chi connectivity index (χ0) is 14.5. The lowest BCUT2D eigenvalue weighted by molar-refractivity contribution is -0.115. The van der Waals surface area contributed by atoms with Crippen molar-refractivity contribution in [1.82, 2.24) is 0 Å². The highest BCUT2D eigenvalue weighted by molar-refractivity contribution is 5.93. The summed E-state index contributed by atoms with van der Waals surface area (Å²) < 4.78 is 13.0. The van der Waals surface area contributed by atoms with Crippen molar-refractivity contribution in [2.75, 3.05) is 5.32 Å². The highest BCUT2D eigenvalue weighted by atomic mass is 19.1. The molecule has 3 nitrogen and oxygen atoms in total. The van der Waals surface area contributed by atoms with Gasteiger partial charge in [0.15, 0.2) is 0 Å². The van der Waals surface area contributed by atoms with Gasteiger partial charge in [-0.05, 0) is 42.3 Å². The molecular weight excluding hydrogens is 255 g/mol. The molecule has 0 aliphatic rings. The maximum Gasteiger partial charge on any atom is 0.228 e. The molecule has 100 valence electrons. The van der Waals surface area contributed by atoms with Crippen LogP contribution in [0.1, 0.15) is 16.7 Å². The van der Waals surface area contributed by atoms with Crippen molar-refractivity contribution in [3.05, 3.63) is 65.0 Å². The summed E-state index contributed by atoms with van der Waals surface area (Å²) in [5.74, 6) is -0.605. The summed E-state index contributed by atoms with van der Waals surface area (Å²) in [6.45, 7) is 1.85. The normalized spacial score (nSPS) is 9.85. The summed E-state index contributed by atoms with van der Waals surface area (Å²) in [7, 11) is 0. The van der Waals surface area contributed by atoms with Crippen molar-refractivity contribution >= 4 is 11.6 Å². The fraction of sp³-hybridized carbons (Fsp3) is 0.125. The molecule has 0 bridgehead atoms. The number of rotatable bonds is 3. The molecule has 0 aliphatic carbocycles. The molecule has 1 N–H and O–H groups in total. The number of carbonyl (C=O) groups is 1. The highest BCUT2D eigenvalue weighted by Crippen LogP contribution is 2.17. The molecule has 0 saturated heterocycles. The van der Waals surface area contributed by atoms with Crippen molar-refractivity contribution in [3.8, 4) is 6.07 Å². The van der Waals surface area contributed by atoms with Crippen LogP contribution >= 0.6 is 0 Å². The summed E-state index contributed by atoms with van der Waals surface area (Å²) in [4.78, 5) is 11.9. The van der Waals surface area contributed by atoms with E-state index >= 15 is 0 Å². The van der Waals surface area contributed by atoms with E-state index in [1.165, 1.54) is 12.1 Å². The number of aryl methyl sites for hydroxylation is 1. The molecule has 2 aromatic carbocycles. The van der Waals surface area contributed by atoms with Crippen molar-refractivity contribution in [1.29, 1.82) is 5.26 Å². The summed E-state index contributed by atoms with van der Waals surface area (Å²) in [6, 6.07) is 13.0. The molecule has 0 radical (unpaired) electrons. The quantitative estimate of drug-likeness (QED) is 0.929. The zero-order valence-electron chi connectivity index (χ0n) is 11.0. The number of hydrogen-bond acceptors (Lipinski definition) is 2. The Labute approximate surface area is 116 Å². The Morgan fingerprint density at radius 2 is 2.10 bits per heavy atom. The first-order valence-electron chi connectivity index (χ1n) is 6.13. The smallest absolute Gasteiger partial charge is 0.228 e. The number of anilines is 1. The minimum atomic E-state index is -0.363. The first kappa shape index (κ1) is 13.8. The molecule has 2 rings (SSSR count). The standard InChI is InChI=1S/C16H13FN2O/c1-11-5-6-13(10-18)8-15(11)19-16(20)9-12-3-2-4-14(17)7-12/h2-8H,9H2,1H3,(H,19,20). The maximum absolute atomic E-state index is 13.0. The van der Waals surface area contributed by atoms with Crippen molar-refractivity contribution < 1.29 is 9.18 Å². The molecule has 0 spiro atoms. The average molecular weight is 268 g/mol. The Kier molecular flexibility index (Phi) is 4.11. The van der Waals surface area contributed by atoms with Crippen LogP contribution in [0, 0.1) is 24.1 Å². The van der Waals surface area contributed by atoms with E-state index < -0.39 is 0 Å². The Bertz CT molecular complexity index is 689. The summed E-state index contributed by atoms with van der Waals surface area (Å²) in [6.07, 6.45) is 0.0913. The second-order valence-electron chi connectivity index (χ2n) is 4.50. The van der Waals surface area contributed by atoms with E-state index in [1.54, 1.807) is 30.3 Å². The van der Waals surface area contributed by atoms with Crippen molar-refractivity contribution in [2.45, 2.75) is 13.3 Å². The van der Waals surface area contributed by atoms with Crippen LogP contribution < -0.4 is 5.32 Å². The fourth-order valence-electron chi connectivity index (χ4n) is 1.85. The molecule has 20 heavy (non-hydrogen) atoms. The number of halogens is 1. The van der Waals surface area contributed by atoms with Gasteiger partial charge < -0.3 is 5.32 Å². The van der Waals surface area contributed by atoms with Gasteiger partial charge in [-0.25, -0.2) is 4.39 Å². The Hall–Kier alpha value is -2.67. The topological polar surface area (TPSA) is 52.9 Å². The Morgan fingerprint density at radius 1 is 1.30 bits per heavy atom. The molecule has 0 aliphatic heterocycles. The molecule has 2 aromatic rings. The number of nitrogens with zero attached hydrogens (tertiary/aromatic N) is 1. The van der Waals surface area contributed by atoms with Gasteiger partial charge in [0.1, 0.15) is 5.82 Å². The lowest BCUT2D eigenvalue weighted by atomic mass is 10.1. The maximum atomic E-state index is 13.0. The van der Waals surface area contributed by atoms with Gasteiger partial charge in [-0.15, -0.1) is 0 Å². The van der Waals surface area contributed by atoms with Gasteiger partial charge >= 0.3 is 0 Å². The monoisotopic (exact) mass is 268 g/mol. The molecular formula is C16H13FN2O. The third-order valence-corrected chi connectivity index (χ3v) is 2.89. The predicted molar refractivity (Wildman–Crippen MR) is 74.6 cm³/mol. The van der Waals surface area contributed by atoms with Gasteiger partial charge in [-0.3, -0.25) is 4.79 Å². The van der Waals surface area contributed by atoms with Gasteiger partial charge in [0.2, 0.25) is 5.91 Å². The van der Waals surface area contributed by atoms with Gasteiger partial charge in [0.05, 0.1) is 18.1 Å². The van der Waals surface area contributed by atoms with Crippen LogP contribution in [-0.4, -0.2) is 5.91 Å². The summed E-state index contributed by atoms with van der Waals surface area (Å²) in [5, 5.41) is 11.6. The second-order valence-corrected chi connectivity index (χ2v) is 4.50. The third-order valence-electron chi connectivity index (χ3n) is 2.89. The number of benzene rings is 2. The zero-order valence-corrected chi connectivity index (χ0v) is 11.0. The minimum Gasteiger partial charge on any atom is -0.326 e. The van der Waals surface area contributed by atoms with Crippen molar-refractivity contribution in [3.63, 3.8) is 0 Å². The third kappa shape index (κ3) is 3.42. The summed E-state index contributed by atoms with van der Waals surface area (Å²) in [5.41, 5.74) is 2.57. The first-order chi connectivity index (χ1) is 9.58. The van der Waals surface area contributed by atoms with Gasteiger partial charge in [0, 0.05) is 5.69 Å². The fourth-order valence-corrected chi connectivity index (χ4v) is 1.85. The van der Waals surface area contributed by atoms with Crippen molar-refractivity contribution in [2.24, 2.45) is 0 Å². The van der Waals surface area contributed by atoms with E-state index in [9.17, 15) is 9.18 Å². The Morgan fingerprint density at radius 3 is 2.80 bits per heavy atom. The first-order valence-corrected chi connectivity index (χ1v) is 6.13. The minimum absolute atomic E-state index is 0.0913. The highest BCUT2D eigenvalue weighted by Gasteiger charge is 2.07. The van der Waals surface area contributed by atoms with E-state index in [1.807, 2.05) is 13.0 Å². The molecule has 0 unspecified atom stereocenters. The van der Waals surface area contributed by atoms with Crippen LogP contribution in [-0.2, 0) is 11.2 Å². The van der Waals surface area contributed by atoms with Gasteiger partial charge in [-0.1, -0.05) is 18.2 Å². The van der Waals surface area contributed by atoms with Crippen LogP contribution in [0.4, 0.5) is 10.1 Å². The molecule has 0 heterocycles. The van der Waals surface area contributed by atoms with E-state index in [-0.39, 0.29) is 18.1 Å². The molecule has 0 saturated carbocycles. The molecule has 0 fully saturated rings. The SMILES string of the molecule is Cc1ccc(C#N)cc1NC(=O)Cc1cccc(F)c1. The number of amides is 1. The molecule has 1 amide bonds. The van der Waals surface area contributed by atoms with E-state index in [2.05, 4.69) is 5.32 Å². The largest absolute Gasteiger partial charge is 0.326 e.